The Morgan fingerprint density at radius 2 is 1.79 bits per heavy atom. The number of carbonyl (C=O) groups is 1. The van der Waals surface area contributed by atoms with Crippen molar-refractivity contribution in [3.63, 3.8) is 0 Å². The molecule has 1 fully saturated rings. The van der Waals surface area contributed by atoms with Gasteiger partial charge in [0, 0.05) is 12.1 Å². The second kappa shape index (κ2) is 9.31. The van der Waals surface area contributed by atoms with Crippen LogP contribution in [0.3, 0.4) is 0 Å². The van der Waals surface area contributed by atoms with Crippen LogP contribution < -0.4 is 14.4 Å². The van der Waals surface area contributed by atoms with Crippen LogP contribution in [0.25, 0.3) is 0 Å². The number of rotatable bonds is 7. The van der Waals surface area contributed by atoms with Crippen molar-refractivity contribution in [3.8, 4) is 5.75 Å². The van der Waals surface area contributed by atoms with Crippen LogP contribution >= 0.6 is 0 Å². The maximum Gasteiger partial charge on any atom is 0.264 e. The van der Waals surface area contributed by atoms with Crippen molar-refractivity contribution in [1.82, 2.24) is 5.32 Å². The number of nitrogens with zero attached hydrogens (tertiary/aromatic N) is 1. The molecule has 0 bridgehead atoms. The van der Waals surface area contributed by atoms with Gasteiger partial charge in [-0.3, -0.25) is 9.10 Å². The largest absolute Gasteiger partial charge is 0.497 e. The van der Waals surface area contributed by atoms with Gasteiger partial charge < -0.3 is 10.1 Å². The highest BCUT2D eigenvalue weighted by Gasteiger charge is 2.28. The topological polar surface area (TPSA) is 75.7 Å². The second-order valence-corrected chi connectivity index (χ2v) is 9.29. The van der Waals surface area contributed by atoms with Crippen molar-refractivity contribution in [2.75, 3.05) is 18.0 Å². The minimum absolute atomic E-state index is 0.116. The molecule has 1 aliphatic carbocycles. The zero-order valence-electron chi connectivity index (χ0n) is 16.9. The molecule has 1 saturated carbocycles. The Bertz CT molecular complexity index is 936. The summed E-state index contributed by atoms with van der Waals surface area (Å²) in [6, 6.07) is 13.5. The first-order chi connectivity index (χ1) is 13.9. The van der Waals surface area contributed by atoms with E-state index in [2.05, 4.69) is 5.32 Å². The smallest absolute Gasteiger partial charge is 0.264 e. The van der Waals surface area contributed by atoms with E-state index in [0.717, 1.165) is 35.6 Å². The molecule has 0 atom stereocenters. The molecule has 0 aliphatic heterocycles. The Morgan fingerprint density at radius 1 is 1.10 bits per heavy atom. The molecule has 0 aromatic heterocycles. The van der Waals surface area contributed by atoms with Crippen LogP contribution in [0, 0.1) is 6.92 Å². The number of nitrogens with one attached hydrogen (secondary N) is 1. The van der Waals surface area contributed by atoms with E-state index in [-0.39, 0.29) is 23.4 Å². The third-order valence-corrected chi connectivity index (χ3v) is 7.00. The molecule has 1 amide bonds. The third-order valence-electron chi connectivity index (χ3n) is 5.21. The number of carbonyl (C=O) groups excluding carboxylic acids is 1. The summed E-state index contributed by atoms with van der Waals surface area (Å²) >= 11 is 0. The number of ether oxygens (including phenoxy) is 1. The van der Waals surface area contributed by atoms with Crippen LogP contribution in [-0.2, 0) is 14.8 Å². The minimum atomic E-state index is -3.91. The van der Waals surface area contributed by atoms with Crippen LogP contribution in [0.5, 0.6) is 5.75 Å². The van der Waals surface area contributed by atoms with Gasteiger partial charge in [0.15, 0.2) is 0 Å². The van der Waals surface area contributed by atoms with E-state index in [1.54, 1.807) is 48.5 Å². The molecule has 7 heteroatoms. The summed E-state index contributed by atoms with van der Waals surface area (Å²) in [6.07, 6.45) is 5.24. The Morgan fingerprint density at radius 3 is 2.45 bits per heavy atom. The van der Waals surface area contributed by atoms with Crippen molar-refractivity contribution in [2.45, 2.75) is 50.0 Å². The maximum absolute atomic E-state index is 13.4. The lowest BCUT2D eigenvalue weighted by molar-refractivity contribution is -0.120. The first kappa shape index (κ1) is 21.2. The number of methoxy groups -OCH3 is 1. The van der Waals surface area contributed by atoms with Gasteiger partial charge in [-0.05, 0) is 44.0 Å². The summed E-state index contributed by atoms with van der Waals surface area (Å²) < 4.78 is 33.1. The predicted octanol–water partition coefficient (Wildman–Crippen LogP) is 3.65. The molecule has 0 spiro atoms. The SMILES string of the molecule is COc1cccc(N(CC(=O)NC2CCCCC2)S(=O)(=O)c2ccc(C)cc2)c1. The summed E-state index contributed by atoms with van der Waals surface area (Å²) in [7, 11) is -2.39. The number of benzene rings is 2. The number of anilines is 1. The quantitative estimate of drug-likeness (QED) is 0.748. The predicted molar refractivity (Wildman–Crippen MR) is 114 cm³/mol. The summed E-state index contributed by atoms with van der Waals surface area (Å²) in [6.45, 7) is 1.62. The Hall–Kier alpha value is -2.54. The molecule has 29 heavy (non-hydrogen) atoms. The van der Waals surface area contributed by atoms with Gasteiger partial charge in [0.2, 0.25) is 5.91 Å². The average molecular weight is 417 g/mol. The average Bonchev–Trinajstić information content (AvgIpc) is 2.73. The molecule has 0 saturated heterocycles. The normalized spacial score (nSPS) is 15.0. The van der Waals surface area contributed by atoms with E-state index in [4.69, 9.17) is 4.74 Å². The van der Waals surface area contributed by atoms with E-state index >= 15 is 0 Å². The number of amides is 1. The lowest BCUT2D eigenvalue weighted by atomic mass is 9.95. The molecule has 2 aromatic carbocycles. The van der Waals surface area contributed by atoms with Gasteiger partial charge in [-0.2, -0.15) is 0 Å². The maximum atomic E-state index is 13.4. The monoisotopic (exact) mass is 416 g/mol. The van der Waals surface area contributed by atoms with Gasteiger partial charge in [-0.25, -0.2) is 8.42 Å². The zero-order chi connectivity index (χ0) is 20.9. The Kier molecular flexibility index (Phi) is 6.79. The number of hydrogen-bond donors (Lipinski definition) is 1. The Balaban J connectivity index is 1.90. The molecule has 1 aliphatic rings. The molecule has 0 heterocycles. The standard InChI is InChI=1S/C22H28N2O4S/c1-17-11-13-21(14-12-17)29(26,27)24(19-9-6-10-20(15-19)28-2)16-22(25)23-18-7-4-3-5-8-18/h6,9-15,18H,3-5,7-8,16H2,1-2H3,(H,23,25). The Labute approximate surface area is 172 Å². The van der Waals surface area contributed by atoms with Gasteiger partial charge in [-0.15, -0.1) is 0 Å². The van der Waals surface area contributed by atoms with Crippen molar-refractivity contribution in [2.24, 2.45) is 0 Å². The molecule has 1 N–H and O–H groups in total. The molecule has 0 radical (unpaired) electrons. The summed E-state index contributed by atoms with van der Waals surface area (Å²) in [5, 5.41) is 3.00. The van der Waals surface area contributed by atoms with Crippen LogP contribution in [-0.4, -0.2) is 34.0 Å². The fourth-order valence-electron chi connectivity index (χ4n) is 3.57. The van der Waals surface area contributed by atoms with Crippen LogP contribution in [0.15, 0.2) is 53.4 Å². The first-order valence-electron chi connectivity index (χ1n) is 9.93. The molecule has 2 aromatic rings. The van der Waals surface area contributed by atoms with Gasteiger partial charge in [-0.1, -0.05) is 43.0 Å². The van der Waals surface area contributed by atoms with Gasteiger partial charge in [0.1, 0.15) is 12.3 Å². The van der Waals surface area contributed by atoms with Crippen molar-refractivity contribution in [3.05, 3.63) is 54.1 Å². The van der Waals surface area contributed by atoms with E-state index in [0.29, 0.717) is 11.4 Å². The molecular weight excluding hydrogens is 388 g/mol. The van der Waals surface area contributed by atoms with E-state index in [9.17, 15) is 13.2 Å². The molecule has 6 nitrogen and oxygen atoms in total. The minimum Gasteiger partial charge on any atom is -0.497 e. The number of hydrogen-bond acceptors (Lipinski definition) is 4. The fourth-order valence-corrected chi connectivity index (χ4v) is 4.98. The lowest BCUT2D eigenvalue weighted by Gasteiger charge is -2.27. The van der Waals surface area contributed by atoms with Gasteiger partial charge in [0.25, 0.3) is 10.0 Å². The summed E-state index contributed by atoms with van der Waals surface area (Å²) in [5.41, 5.74) is 1.36. The molecule has 156 valence electrons. The highest BCUT2D eigenvalue weighted by molar-refractivity contribution is 7.92. The third kappa shape index (κ3) is 5.29. The van der Waals surface area contributed by atoms with Gasteiger partial charge in [0.05, 0.1) is 17.7 Å². The molecule has 0 unspecified atom stereocenters. The van der Waals surface area contributed by atoms with Crippen molar-refractivity contribution >= 4 is 21.6 Å². The lowest BCUT2D eigenvalue weighted by Crippen LogP contribution is -2.44. The van der Waals surface area contributed by atoms with E-state index in [1.807, 2.05) is 6.92 Å². The molecule has 3 rings (SSSR count). The van der Waals surface area contributed by atoms with E-state index < -0.39 is 10.0 Å². The highest BCUT2D eigenvalue weighted by atomic mass is 32.2. The zero-order valence-corrected chi connectivity index (χ0v) is 17.7. The summed E-state index contributed by atoms with van der Waals surface area (Å²) in [4.78, 5) is 12.9. The highest BCUT2D eigenvalue weighted by Crippen LogP contribution is 2.27. The molecular formula is C22H28N2O4S. The van der Waals surface area contributed by atoms with Gasteiger partial charge >= 0.3 is 0 Å². The second-order valence-electron chi connectivity index (χ2n) is 7.43. The number of sulfonamides is 1. The fraction of sp³-hybridized carbons (Fsp3) is 0.409. The van der Waals surface area contributed by atoms with Crippen LogP contribution in [0.2, 0.25) is 0 Å². The van der Waals surface area contributed by atoms with E-state index in [1.165, 1.54) is 13.5 Å². The number of aryl methyl sites for hydroxylation is 1. The van der Waals surface area contributed by atoms with Crippen LogP contribution in [0.4, 0.5) is 5.69 Å². The van der Waals surface area contributed by atoms with Crippen molar-refractivity contribution < 1.29 is 17.9 Å². The summed E-state index contributed by atoms with van der Waals surface area (Å²) in [5.74, 6) is 0.231. The van der Waals surface area contributed by atoms with Crippen LogP contribution in [0.1, 0.15) is 37.7 Å². The first-order valence-corrected chi connectivity index (χ1v) is 11.4. The van der Waals surface area contributed by atoms with Crippen molar-refractivity contribution in [1.29, 1.82) is 0 Å².